The molecule has 1 aromatic rings. The summed E-state index contributed by atoms with van der Waals surface area (Å²) in [5.74, 6) is 0.587. The molecule has 1 aliphatic rings. The van der Waals surface area contributed by atoms with Crippen LogP contribution in [0.5, 0.6) is 5.75 Å². The number of hydrogen-bond acceptors (Lipinski definition) is 5. The van der Waals surface area contributed by atoms with Gasteiger partial charge in [-0.05, 0) is 45.7 Å². The maximum absolute atomic E-state index is 11.9. The fourth-order valence-electron chi connectivity index (χ4n) is 2.41. The number of benzene rings is 1. The number of hydrogen-bond donors (Lipinski definition) is 2. The Morgan fingerprint density at radius 3 is 2.48 bits per heavy atom. The van der Waals surface area contributed by atoms with E-state index in [1.807, 2.05) is 32.9 Å². The average molecular weight is 322 g/mol. The molecule has 1 amide bonds. The van der Waals surface area contributed by atoms with Gasteiger partial charge in [0.15, 0.2) is 0 Å². The van der Waals surface area contributed by atoms with E-state index in [9.17, 15) is 4.79 Å². The zero-order valence-electron chi connectivity index (χ0n) is 14.4. The van der Waals surface area contributed by atoms with Crippen molar-refractivity contribution in [2.45, 2.75) is 51.4 Å². The Morgan fingerprint density at radius 1 is 1.22 bits per heavy atom. The van der Waals surface area contributed by atoms with E-state index in [4.69, 9.17) is 14.2 Å². The van der Waals surface area contributed by atoms with E-state index in [0.717, 1.165) is 18.5 Å². The van der Waals surface area contributed by atoms with Gasteiger partial charge in [0.2, 0.25) is 0 Å². The molecule has 0 saturated heterocycles. The van der Waals surface area contributed by atoms with Gasteiger partial charge < -0.3 is 19.5 Å². The number of amides is 1. The Bertz CT molecular complexity index is 548. The Morgan fingerprint density at radius 2 is 1.91 bits per heavy atom. The molecule has 0 spiro atoms. The van der Waals surface area contributed by atoms with Gasteiger partial charge in [-0.1, -0.05) is 0 Å². The van der Waals surface area contributed by atoms with Crippen molar-refractivity contribution < 1.29 is 19.0 Å². The molecule has 0 heterocycles. The smallest absolute Gasteiger partial charge is 0.412 e. The summed E-state index contributed by atoms with van der Waals surface area (Å²) in [5.41, 5.74) is 0.993. The summed E-state index contributed by atoms with van der Waals surface area (Å²) in [4.78, 5) is 11.9. The summed E-state index contributed by atoms with van der Waals surface area (Å²) in [7, 11) is 3.31. The number of anilines is 2. The first-order valence-electron chi connectivity index (χ1n) is 7.78. The van der Waals surface area contributed by atoms with Gasteiger partial charge in [0, 0.05) is 24.9 Å². The normalized spacial score (nSPS) is 20.4. The second kappa shape index (κ2) is 7.08. The van der Waals surface area contributed by atoms with Crippen LogP contribution in [0.3, 0.4) is 0 Å². The third kappa shape index (κ3) is 5.03. The largest absolute Gasteiger partial charge is 0.494 e. The molecule has 1 fully saturated rings. The number of nitrogens with one attached hydrogen (secondary N) is 2. The van der Waals surface area contributed by atoms with Gasteiger partial charge in [-0.2, -0.15) is 0 Å². The van der Waals surface area contributed by atoms with Gasteiger partial charge in [-0.15, -0.1) is 0 Å². The highest BCUT2D eigenvalue weighted by Gasteiger charge is 2.28. The Balaban J connectivity index is 1.98. The SMILES string of the molecule is COc1cc(NC2CC(OC)C2)ccc1NC(=O)OC(C)(C)C. The molecule has 6 nitrogen and oxygen atoms in total. The second-order valence-electron chi connectivity index (χ2n) is 6.71. The van der Waals surface area contributed by atoms with Crippen LogP contribution < -0.4 is 15.4 Å². The van der Waals surface area contributed by atoms with Crippen molar-refractivity contribution in [1.82, 2.24) is 0 Å². The third-order valence-corrected chi connectivity index (χ3v) is 3.64. The third-order valence-electron chi connectivity index (χ3n) is 3.64. The molecule has 128 valence electrons. The maximum atomic E-state index is 11.9. The molecule has 1 aromatic carbocycles. The van der Waals surface area contributed by atoms with E-state index in [2.05, 4.69) is 10.6 Å². The van der Waals surface area contributed by atoms with Crippen molar-refractivity contribution in [2.24, 2.45) is 0 Å². The lowest BCUT2D eigenvalue weighted by Gasteiger charge is -2.35. The molecule has 0 radical (unpaired) electrons. The van der Waals surface area contributed by atoms with Crippen LogP contribution in [0, 0.1) is 0 Å². The zero-order valence-corrected chi connectivity index (χ0v) is 14.4. The quantitative estimate of drug-likeness (QED) is 0.866. The van der Waals surface area contributed by atoms with Crippen LogP contribution in [0.2, 0.25) is 0 Å². The molecule has 0 unspecified atom stereocenters. The van der Waals surface area contributed by atoms with Crippen molar-refractivity contribution in [3.8, 4) is 5.75 Å². The van der Waals surface area contributed by atoms with E-state index in [1.54, 1.807) is 20.3 Å². The molecule has 6 heteroatoms. The predicted octanol–water partition coefficient (Wildman–Crippen LogP) is 3.63. The summed E-state index contributed by atoms with van der Waals surface area (Å²) in [6.07, 6.45) is 1.84. The van der Waals surface area contributed by atoms with E-state index in [0.29, 0.717) is 23.6 Å². The lowest BCUT2D eigenvalue weighted by Crippen LogP contribution is -2.40. The zero-order chi connectivity index (χ0) is 17.0. The van der Waals surface area contributed by atoms with E-state index in [-0.39, 0.29) is 0 Å². The molecule has 2 rings (SSSR count). The fraction of sp³-hybridized carbons (Fsp3) is 0.588. The summed E-state index contributed by atoms with van der Waals surface area (Å²) in [6.45, 7) is 5.47. The minimum Gasteiger partial charge on any atom is -0.494 e. The van der Waals surface area contributed by atoms with Crippen molar-refractivity contribution >= 4 is 17.5 Å². The monoisotopic (exact) mass is 322 g/mol. The van der Waals surface area contributed by atoms with Crippen LogP contribution in [-0.4, -0.2) is 38.1 Å². The fourth-order valence-corrected chi connectivity index (χ4v) is 2.41. The van der Waals surface area contributed by atoms with Crippen LogP contribution in [-0.2, 0) is 9.47 Å². The molecule has 0 aromatic heterocycles. The number of carbonyl (C=O) groups excluding carboxylic acids is 1. The summed E-state index contributed by atoms with van der Waals surface area (Å²) in [6, 6.07) is 5.99. The van der Waals surface area contributed by atoms with Gasteiger partial charge in [0.05, 0.1) is 18.9 Å². The number of ether oxygens (including phenoxy) is 3. The predicted molar refractivity (Wildman–Crippen MR) is 90.3 cm³/mol. The average Bonchev–Trinajstić information content (AvgIpc) is 2.41. The van der Waals surface area contributed by atoms with Gasteiger partial charge in [-0.25, -0.2) is 4.79 Å². The Hall–Kier alpha value is -1.95. The van der Waals surface area contributed by atoms with Crippen LogP contribution in [0.4, 0.5) is 16.2 Å². The van der Waals surface area contributed by atoms with Crippen molar-refractivity contribution in [3.05, 3.63) is 18.2 Å². The molecule has 1 saturated carbocycles. The highest BCUT2D eigenvalue weighted by Crippen LogP contribution is 2.31. The first kappa shape index (κ1) is 17.4. The van der Waals surface area contributed by atoms with Gasteiger partial charge >= 0.3 is 6.09 Å². The van der Waals surface area contributed by atoms with Crippen molar-refractivity contribution in [2.75, 3.05) is 24.9 Å². The second-order valence-corrected chi connectivity index (χ2v) is 6.71. The first-order valence-corrected chi connectivity index (χ1v) is 7.78. The molecule has 23 heavy (non-hydrogen) atoms. The lowest BCUT2D eigenvalue weighted by molar-refractivity contribution is 0.0328. The summed E-state index contributed by atoms with van der Waals surface area (Å²) < 4.78 is 15.9. The van der Waals surface area contributed by atoms with Gasteiger partial charge in [0.1, 0.15) is 11.4 Å². The van der Waals surface area contributed by atoms with Gasteiger partial charge in [0.25, 0.3) is 0 Å². The number of carbonyl (C=O) groups is 1. The van der Waals surface area contributed by atoms with E-state index in [1.165, 1.54) is 0 Å². The van der Waals surface area contributed by atoms with Crippen LogP contribution in [0.25, 0.3) is 0 Å². The van der Waals surface area contributed by atoms with Crippen LogP contribution in [0.15, 0.2) is 18.2 Å². The summed E-state index contributed by atoms with van der Waals surface area (Å²) >= 11 is 0. The molecule has 0 aliphatic heterocycles. The van der Waals surface area contributed by atoms with E-state index < -0.39 is 11.7 Å². The molecule has 1 aliphatic carbocycles. The highest BCUT2D eigenvalue weighted by molar-refractivity contribution is 5.87. The maximum Gasteiger partial charge on any atom is 0.412 e. The molecular weight excluding hydrogens is 296 g/mol. The standard InChI is InChI=1S/C17H26N2O4/c1-17(2,3)23-16(20)19-14-7-6-11(10-15(14)22-5)18-12-8-13(9-12)21-4/h6-7,10,12-13,18H,8-9H2,1-5H3,(H,19,20). The van der Waals surface area contributed by atoms with Crippen LogP contribution >= 0.6 is 0 Å². The topological polar surface area (TPSA) is 68.8 Å². The number of methoxy groups -OCH3 is 2. The van der Waals surface area contributed by atoms with Gasteiger partial charge in [-0.3, -0.25) is 5.32 Å². The molecule has 2 N–H and O–H groups in total. The Kier molecular flexibility index (Phi) is 5.36. The van der Waals surface area contributed by atoms with Crippen molar-refractivity contribution in [3.63, 3.8) is 0 Å². The molecule has 0 atom stereocenters. The minimum absolute atomic E-state index is 0.350. The minimum atomic E-state index is -0.541. The number of rotatable bonds is 5. The van der Waals surface area contributed by atoms with Crippen LogP contribution in [0.1, 0.15) is 33.6 Å². The van der Waals surface area contributed by atoms with E-state index >= 15 is 0 Å². The molecular formula is C17H26N2O4. The molecule has 0 bridgehead atoms. The first-order chi connectivity index (χ1) is 10.8. The highest BCUT2D eigenvalue weighted by atomic mass is 16.6. The lowest BCUT2D eigenvalue weighted by atomic mass is 9.89. The summed E-state index contributed by atoms with van der Waals surface area (Å²) in [5, 5.41) is 6.14. The van der Waals surface area contributed by atoms with Crippen molar-refractivity contribution in [1.29, 1.82) is 0 Å². The Labute approximate surface area is 137 Å².